The molecule has 1 saturated heterocycles. The Kier molecular flexibility index (Phi) is 10.7. The molecule has 2 aromatic rings. The number of benzene rings is 2. The molecule has 2 aromatic carbocycles. The lowest BCUT2D eigenvalue weighted by Gasteiger charge is -2.36. The molecule has 34 heavy (non-hydrogen) atoms. The minimum atomic E-state index is -1.24. The molecule has 2 atom stereocenters. The quantitative estimate of drug-likeness (QED) is 0.268. The van der Waals surface area contributed by atoms with Gasteiger partial charge in [-0.05, 0) is 91.7 Å². The largest absolute Gasteiger partial charge is 0.388 e. The molecule has 0 unspecified atom stereocenters. The normalized spacial score (nSPS) is 17.4. The monoisotopic (exact) mass is 505 g/mol. The Morgan fingerprint density at radius 3 is 2.71 bits per heavy atom. The Bertz CT molecular complexity index is 939. The molecule has 0 spiro atoms. The topological polar surface area (TPSA) is 81.0 Å². The first-order chi connectivity index (χ1) is 16.3. The van der Waals surface area contributed by atoms with Crippen molar-refractivity contribution in [2.24, 2.45) is 0 Å². The van der Waals surface area contributed by atoms with Gasteiger partial charge in [-0.1, -0.05) is 35.9 Å². The summed E-state index contributed by atoms with van der Waals surface area (Å²) in [6.07, 6.45) is 3.18. The van der Waals surface area contributed by atoms with Gasteiger partial charge >= 0.3 is 0 Å². The number of piperidine rings is 1. The Hall–Kier alpha value is -1.57. The number of thioether (sulfide) groups is 1. The van der Waals surface area contributed by atoms with Crippen LogP contribution in [0.15, 0.2) is 42.5 Å². The second kappa shape index (κ2) is 13.5. The van der Waals surface area contributed by atoms with E-state index in [9.17, 15) is 9.90 Å². The van der Waals surface area contributed by atoms with Gasteiger partial charge in [0.25, 0.3) is 0 Å². The van der Waals surface area contributed by atoms with E-state index in [0.717, 1.165) is 59.4 Å². The number of aliphatic hydroxyl groups excluding tert-OH is 2. The average molecular weight is 506 g/mol. The Labute approximate surface area is 212 Å². The number of carbonyl (C=O) groups excluding carboxylic acids is 1. The summed E-state index contributed by atoms with van der Waals surface area (Å²) in [5.74, 6) is 1.90. The number of likely N-dealkylation sites (tertiary alicyclic amines) is 1. The van der Waals surface area contributed by atoms with Crippen molar-refractivity contribution in [1.29, 1.82) is 0 Å². The van der Waals surface area contributed by atoms with E-state index >= 15 is 0 Å². The third-order valence-corrected chi connectivity index (χ3v) is 7.74. The van der Waals surface area contributed by atoms with Gasteiger partial charge in [0, 0.05) is 29.8 Å². The Morgan fingerprint density at radius 1 is 1.12 bits per heavy atom. The summed E-state index contributed by atoms with van der Waals surface area (Å²) in [5, 5.41) is 29.5. The van der Waals surface area contributed by atoms with Crippen molar-refractivity contribution in [3.8, 4) is 11.1 Å². The molecule has 0 aromatic heterocycles. The molecule has 3 rings (SSSR count). The van der Waals surface area contributed by atoms with Crippen LogP contribution in [0.2, 0.25) is 5.02 Å². The third-order valence-electron chi connectivity index (χ3n) is 6.46. The maximum absolute atomic E-state index is 12.6. The van der Waals surface area contributed by atoms with Crippen LogP contribution in [0.3, 0.4) is 0 Å². The zero-order chi connectivity index (χ0) is 24.5. The van der Waals surface area contributed by atoms with Crippen LogP contribution in [0.4, 0.5) is 0 Å². The lowest BCUT2D eigenvalue weighted by molar-refractivity contribution is -0.136. The van der Waals surface area contributed by atoms with Crippen LogP contribution in [-0.2, 0) is 4.79 Å². The summed E-state index contributed by atoms with van der Waals surface area (Å²) in [4.78, 5) is 14.6. The predicted octanol–water partition coefficient (Wildman–Crippen LogP) is 5.33. The molecule has 7 heteroatoms. The molecule has 0 bridgehead atoms. The maximum atomic E-state index is 12.6. The molecular formula is C27H36ClNO4S. The van der Waals surface area contributed by atoms with E-state index in [4.69, 9.17) is 21.8 Å². The number of hydrogen-bond acceptors (Lipinski definition) is 5. The van der Waals surface area contributed by atoms with Crippen molar-refractivity contribution < 1.29 is 20.1 Å². The SMILES string of the molecule is Cc1cc(Cl)ccc1-c1cccc([C@H](O)CC[C@H]2CCCC(=O)N2CCSCCCC(O)O)c1. The van der Waals surface area contributed by atoms with Crippen molar-refractivity contribution in [3.63, 3.8) is 0 Å². The summed E-state index contributed by atoms with van der Waals surface area (Å²) < 4.78 is 0. The summed E-state index contributed by atoms with van der Waals surface area (Å²) in [6.45, 7) is 2.74. The lowest BCUT2D eigenvalue weighted by Crippen LogP contribution is -2.44. The molecule has 1 aliphatic heterocycles. The number of nitrogens with zero attached hydrogens (tertiary/aromatic N) is 1. The van der Waals surface area contributed by atoms with Gasteiger partial charge in [0.15, 0.2) is 6.29 Å². The van der Waals surface area contributed by atoms with E-state index in [1.807, 2.05) is 54.3 Å². The molecule has 1 heterocycles. The molecule has 1 fully saturated rings. The molecule has 1 aliphatic rings. The van der Waals surface area contributed by atoms with E-state index in [-0.39, 0.29) is 11.9 Å². The van der Waals surface area contributed by atoms with Gasteiger partial charge in [0.05, 0.1) is 6.10 Å². The highest BCUT2D eigenvalue weighted by Crippen LogP contribution is 2.31. The number of hydrogen-bond donors (Lipinski definition) is 3. The molecule has 3 N–H and O–H groups in total. The fourth-order valence-electron chi connectivity index (χ4n) is 4.61. The minimum Gasteiger partial charge on any atom is -0.388 e. The van der Waals surface area contributed by atoms with Crippen LogP contribution < -0.4 is 0 Å². The second-order valence-corrected chi connectivity index (χ2v) is 10.7. The van der Waals surface area contributed by atoms with Crippen molar-refractivity contribution in [3.05, 3.63) is 58.6 Å². The van der Waals surface area contributed by atoms with E-state index in [2.05, 4.69) is 0 Å². The van der Waals surface area contributed by atoms with Crippen molar-refractivity contribution in [2.45, 2.75) is 70.3 Å². The third kappa shape index (κ3) is 7.99. The highest BCUT2D eigenvalue weighted by Gasteiger charge is 2.28. The van der Waals surface area contributed by atoms with Gasteiger partial charge in [-0.2, -0.15) is 11.8 Å². The van der Waals surface area contributed by atoms with E-state index < -0.39 is 12.4 Å². The maximum Gasteiger partial charge on any atom is 0.222 e. The summed E-state index contributed by atoms with van der Waals surface area (Å²) in [7, 11) is 0. The standard InChI is InChI=1S/C27H36ClNO4S/c1-19-17-22(28)10-12-24(19)20-5-2-6-21(18-20)25(30)13-11-23-7-3-8-26(31)29(23)14-16-34-15-4-9-27(32)33/h2,5-6,10,12,17-18,23,25,27,30,32-33H,3-4,7-9,11,13-16H2,1H3/t23-,25-/m1/s1. The van der Waals surface area contributed by atoms with Crippen LogP contribution in [0, 0.1) is 6.92 Å². The lowest BCUT2D eigenvalue weighted by atomic mass is 9.93. The first-order valence-electron chi connectivity index (χ1n) is 12.1. The zero-order valence-corrected chi connectivity index (χ0v) is 21.4. The zero-order valence-electron chi connectivity index (χ0n) is 19.8. The molecule has 5 nitrogen and oxygen atoms in total. The molecule has 0 aliphatic carbocycles. The molecule has 0 saturated carbocycles. The summed E-state index contributed by atoms with van der Waals surface area (Å²) in [5.41, 5.74) is 4.16. The van der Waals surface area contributed by atoms with Gasteiger partial charge in [-0.25, -0.2) is 0 Å². The fraction of sp³-hybridized carbons (Fsp3) is 0.519. The number of aliphatic hydroxyl groups is 3. The van der Waals surface area contributed by atoms with Gasteiger partial charge in [0.1, 0.15) is 0 Å². The minimum absolute atomic E-state index is 0.164. The Balaban J connectivity index is 1.55. The smallest absolute Gasteiger partial charge is 0.222 e. The number of amides is 1. The van der Waals surface area contributed by atoms with Crippen molar-refractivity contribution in [2.75, 3.05) is 18.1 Å². The van der Waals surface area contributed by atoms with Gasteiger partial charge in [-0.3, -0.25) is 4.79 Å². The van der Waals surface area contributed by atoms with Gasteiger partial charge in [-0.15, -0.1) is 0 Å². The van der Waals surface area contributed by atoms with Gasteiger partial charge < -0.3 is 20.2 Å². The molecule has 186 valence electrons. The van der Waals surface area contributed by atoms with Crippen LogP contribution in [0.25, 0.3) is 11.1 Å². The number of rotatable bonds is 12. The van der Waals surface area contributed by atoms with Crippen molar-refractivity contribution in [1.82, 2.24) is 4.90 Å². The molecule has 0 radical (unpaired) electrons. The summed E-state index contributed by atoms with van der Waals surface area (Å²) >= 11 is 7.84. The number of carbonyl (C=O) groups is 1. The Morgan fingerprint density at radius 2 is 1.94 bits per heavy atom. The van der Waals surface area contributed by atoms with Crippen LogP contribution in [0.1, 0.15) is 62.2 Å². The highest BCUT2D eigenvalue weighted by molar-refractivity contribution is 7.99. The van der Waals surface area contributed by atoms with Crippen LogP contribution in [-0.4, -0.2) is 56.5 Å². The van der Waals surface area contributed by atoms with Gasteiger partial charge in [0.2, 0.25) is 5.91 Å². The first-order valence-corrected chi connectivity index (χ1v) is 13.7. The first kappa shape index (κ1) is 27.0. The second-order valence-electron chi connectivity index (χ2n) is 9.05. The summed E-state index contributed by atoms with van der Waals surface area (Å²) in [6, 6.07) is 14.0. The number of aryl methyl sites for hydroxylation is 1. The highest BCUT2D eigenvalue weighted by atomic mass is 35.5. The molecule has 1 amide bonds. The van der Waals surface area contributed by atoms with E-state index in [1.165, 1.54) is 0 Å². The fourth-order valence-corrected chi connectivity index (χ4v) is 5.74. The van der Waals surface area contributed by atoms with Crippen LogP contribution >= 0.6 is 23.4 Å². The average Bonchev–Trinajstić information content (AvgIpc) is 2.80. The number of halogens is 1. The van der Waals surface area contributed by atoms with E-state index in [0.29, 0.717) is 30.8 Å². The molecular weight excluding hydrogens is 470 g/mol. The van der Waals surface area contributed by atoms with Crippen LogP contribution in [0.5, 0.6) is 0 Å². The predicted molar refractivity (Wildman–Crippen MR) is 140 cm³/mol. The van der Waals surface area contributed by atoms with E-state index in [1.54, 1.807) is 11.8 Å². The van der Waals surface area contributed by atoms with Crippen molar-refractivity contribution >= 4 is 29.3 Å².